The second-order valence-corrected chi connectivity index (χ2v) is 5.04. The Morgan fingerprint density at radius 1 is 1.04 bits per heavy atom. The summed E-state index contributed by atoms with van der Waals surface area (Å²) in [5.41, 5.74) is 2.21. The van der Waals surface area contributed by atoms with Gasteiger partial charge in [0.05, 0.1) is 17.2 Å². The van der Waals surface area contributed by atoms with Crippen LogP contribution in [0.5, 0.6) is 5.75 Å². The fourth-order valence-electron chi connectivity index (χ4n) is 1.71. The van der Waals surface area contributed by atoms with Crippen LogP contribution in [0.25, 0.3) is 0 Å². The van der Waals surface area contributed by atoms with Gasteiger partial charge in [-0.1, -0.05) is 0 Å². The lowest BCUT2D eigenvalue weighted by atomic mass is 10.1. The van der Waals surface area contributed by atoms with Crippen molar-refractivity contribution in [2.75, 3.05) is 6.61 Å². The number of ketones is 1. The summed E-state index contributed by atoms with van der Waals surface area (Å²) in [5.74, 6) is -2.87. The smallest absolute Gasteiger partial charge is 0.416 e. The number of Topliss-reactive ketones (excluding diaryl/α,β-unsaturated/α-hetero) is 1. The van der Waals surface area contributed by atoms with Crippen LogP contribution in [-0.4, -0.2) is 29.5 Å². The Bertz CT molecular complexity index is 609. The number of alkyl halides is 6. The third-order valence-electron chi connectivity index (χ3n) is 3.03. The van der Waals surface area contributed by atoms with Gasteiger partial charge in [0.2, 0.25) is 0 Å². The van der Waals surface area contributed by atoms with E-state index < -0.39 is 60.1 Å². The minimum atomic E-state index is -5.04. The lowest BCUT2D eigenvalue weighted by Crippen LogP contribution is -2.34. The number of carbonyl (C=O) groups excluding carboxylic acids is 1. The molecule has 0 bridgehead atoms. The largest absolute Gasteiger partial charge is 0.486 e. The van der Waals surface area contributed by atoms with Crippen LogP contribution in [0.15, 0.2) is 18.2 Å². The van der Waals surface area contributed by atoms with Crippen LogP contribution in [0.4, 0.5) is 26.3 Å². The maximum atomic E-state index is 12.7. The van der Waals surface area contributed by atoms with Crippen molar-refractivity contribution in [2.45, 2.75) is 31.2 Å². The summed E-state index contributed by atoms with van der Waals surface area (Å²) < 4.78 is 80.7. The zero-order chi connectivity index (χ0) is 19.4. The Kier molecular flexibility index (Phi) is 6.41. The standard InChI is InChI=1S/C14H13F6NO4/c15-13(16,17)7-3-8(14(18,19)20)5-9(4-7)25-6-11(22)10(21)1-2-12(23)24/h3-5,10H,1-2,6,21H2,(H,23,24). The normalized spacial score (nSPS) is 13.4. The highest BCUT2D eigenvalue weighted by molar-refractivity contribution is 5.85. The molecular weight excluding hydrogens is 360 g/mol. The van der Waals surface area contributed by atoms with Crippen LogP contribution in [-0.2, 0) is 21.9 Å². The predicted octanol–water partition coefficient (Wildman–Crippen LogP) is 2.86. The molecule has 1 unspecified atom stereocenters. The van der Waals surface area contributed by atoms with Gasteiger partial charge in [-0.2, -0.15) is 26.3 Å². The molecule has 3 N–H and O–H groups in total. The molecule has 0 aromatic heterocycles. The maximum absolute atomic E-state index is 12.7. The van der Waals surface area contributed by atoms with E-state index in [0.717, 1.165) is 0 Å². The van der Waals surface area contributed by atoms with Gasteiger partial charge >= 0.3 is 18.3 Å². The van der Waals surface area contributed by atoms with Gasteiger partial charge in [0.15, 0.2) is 5.78 Å². The minimum absolute atomic E-state index is 0.0761. The maximum Gasteiger partial charge on any atom is 0.416 e. The molecule has 1 atom stereocenters. The van der Waals surface area contributed by atoms with Gasteiger partial charge in [-0.05, 0) is 24.6 Å². The topological polar surface area (TPSA) is 89.6 Å². The van der Waals surface area contributed by atoms with E-state index in [1.54, 1.807) is 0 Å². The molecule has 0 aliphatic carbocycles. The zero-order valence-electron chi connectivity index (χ0n) is 12.4. The molecule has 1 rings (SSSR count). The number of halogens is 6. The Balaban J connectivity index is 2.91. The molecule has 0 saturated heterocycles. The van der Waals surface area contributed by atoms with Gasteiger partial charge < -0.3 is 15.6 Å². The number of ether oxygens (including phenoxy) is 1. The molecule has 5 nitrogen and oxygen atoms in total. The average molecular weight is 373 g/mol. The van der Waals surface area contributed by atoms with E-state index in [-0.39, 0.29) is 12.5 Å². The SMILES string of the molecule is NC(CCC(=O)O)C(=O)COc1cc(C(F)(F)F)cc(C(F)(F)F)c1. The molecule has 0 aliphatic rings. The fraction of sp³-hybridized carbons (Fsp3) is 0.429. The second-order valence-electron chi connectivity index (χ2n) is 5.04. The number of carboxylic acids is 1. The molecule has 1 aromatic carbocycles. The molecule has 25 heavy (non-hydrogen) atoms. The summed E-state index contributed by atoms with van der Waals surface area (Å²) in [7, 11) is 0. The molecule has 0 heterocycles. The number of carbonyl (C=O) groups is 2. The van der Waals surface area contributed by atoms with E-state index in [1.807, 2.05) is 0 Å². The molecule has 11 heteroatoms. The summed E-state index contributed by atoms with van der Waals surface area (Å²) >= 11 is 0. The van der Waals surface area contributed by atoms with Gasteiger partial charge in [0, 0.05) is 6.42 Å². The van der Waals surface area contributed by atoms with Crippen molar-refractivity contribution in [2.24, 2.45) is 5.73 Å². The van der Waals surface area contributed by atoms with Gasteiger partial charge in [-0.25, -0.2) is 0 Å². The first kappa shape index (κ1) is 20.7. The van der Waals surface area contributed by atoms with E-state index in [1.165, 1.54) is 0 Å². The highest BCUT2D eigenvalue weighted by Crippen LogP contribution is 2.38. The van der Waals surface area contributed by atoms with E-state index in [9.17, 15) is 35.9 Å². The van der Waals surface area contributed by atoms with Gasteiger partial charge in [0.1, 0.15) is 12.4 Å². The van der Waals surface area contributed by atoms with Crippen molar-refractivity contribution >= 4 is 11.8 Å². The third kappa shape index (κ3) is 6.61. The molecule has 140 valence electrons. The van der Waals surface area contributed by atoms with Crippen molar-refractivity contribution in [1.29, 1.82) is 0 Å². The Labute approximate surface area is 137 Å². The van der Waals surface area contributed by atoms with Crippen LogP contribution < -0.4 is 10.5 Å². The van der Waals surface area contributed by atoms with Crippen LogP contribution in [0.2, 0.25) is 0 Å². The average Bonchev–Trinajstić information content (AvgIpc) is 2.48. The number of nitrogens with two attached hydrogens (primary N) is 1. The zero-order valence-corrected chi connectivity index (χ0v) is 12.4. The van der Waals surface area contributed by atoms with Gasteiger partial charge in [-0.15, -0.1) is 0 Å². The number of aliphatic carboxylic acids is 1. The molecule has 0 radical (unpaired) electrons. The quantitative estimate of drug-likeness (QED) is 0.718. The van der Waals surface area contributed by atoms with Crippen molar-refractivity contribution in [3.05, 3.63) is 29.3 Å². The monoisotopic (exact) mass is 373 g/mol. The van der Waals surface area contributed by atoms with E-state index in [4.69, 9.17) is 15.6 Å². The highest BCUT2D eigenvalue weighted by Gasteiger charge is 2.37. The Morgan fingerprint density at radius 3 is 1.92 bits per heavy atom. The Hall–Kier alpha value is -2.30. The minimum Gasteiger partial charge on any atom is -0.486 e. The summed E-state index contributed by atoms with van der Waals surface area (Å²) in [5, 5.41) is 8.45. The number of rotatable bonds is 7. The van der Waals surface area contributed by atoms with Crippen molar-refractivity contribution in [1.82, 2.24) is 0 Å². The van der Waals surface area contributed by atoms with Crippen LogP contribution in [0.1, 0.15) is 24.0 Å². The Morgan fingerprint density at radius 2 is 1.52 bits per heavy atom. The van der Waals surface area contributed by atoms with Crippen LogP contribution in [0.3, 0.4) is 0 Å². The second kappa shape index (κ2) is 7.72. The van der Waals surface area contributed by atoms with Gasteiger partial charge in [0.25, 0.3) is 0 Å². The summed E-state index contributed by atoms with van der Waals surface area (Å²) in [6.45, 7) is -0.889. The fourth-order valence-corrected chi connectivity index (χ4v) is 1.71. The summed E-state index contributed by atoms with van der Waals surface area (Å²) in [6.07, 6.45) is -10.7. The molecule has 1 aromatic rings. The van der Waals surface area contributed by atoms with Crippen molar-refractivity contribution in [3.8, 4) is 5.75 Å². The lowest BCUT2D eigenvalue weighted by molar-refractivity contribution is -0.143. The molecule has 0 spiro atoms. The first-order chi connectivity index (χ1) is 11.3. The number of hydrogen-bond donors (Lipinski definition) is 2. The summed E-state index contributed by atoms with van der Waals surface area (Å²) in [6, 6.07) is -0.687. The molecule has 0 saturated carbocycles. The van der Waals surface area contributed by atoms with E-state index in [2.05, 4.69) is 0 Å². The van der Waals surface area contributed by atoms with E-state index in [0.29, 0.717) is 12.1 Å². The number of hydrogen-bond acceptors (Lipinski definition) is 4. The number of carboxylic acid groups (broad SMARTS) is 1. The third-order valence-corrected chi connectivity index (χ3v) is 3.03. The molecule has 0 fully saturated rings. The van der Waals surface area contributed by atoms with Crippen molar-refractivity contribution in [3.63, 3.8) is 0 Å². The first-order valence-electron chi connectivity index (χ1n) is 6.73. The summed E-state index contributed by atoms with van der Waals surface area (Å²) in [4.78, 5) is 22.0. The van der Waals surface area contributed by atoms with Crippen molar-refractivity contribution < 1.29 is 45.8 Å². The molecule has 0 amide bonds. The lowest BCUT2D eigenvalue weighted by Gasteiger charge is -2.15. The van der Waals surface area contributed by atoms with Crippen LogP contribution >= 0.6 is 0 Å². The molecular formula is C14H13F6NO4. The van der Waals surface area contributed by atoms with Gasteiger partial charge in [-0.3, -0.25) is 9.59 Å². The van der Waals surface area contributed by atoms with E-state index >= 15 is 0 Å². The molecule has 0 aliphatic heterocycles. The predicted molar refractivity (Wildman–Crippen MR) is 71.8 cm³/mol. The first-order valence-corrected chi connectivity index (χ1v) is 6.73. The highest BCUT2D eigenvalue weighted by atomic mass is 19.4. The van der Waals surface area contributed by atoms with Crippen LogP contribution in [0, 0.1) is 0 Å². The number of benzene rings is 1.